The van der Waals surface area contributed by atoms with Crippen LogP contribution in [-0.2, 0) is 0 Å². The first-order chi connectivity index (χ1) is 9.70. The van der Waals surface area contributed by atoms with Crippen molar-refractivity contribution < 1.29 is 9.90 Å². The van der Waals surface area contributed by atoms with Crippen LogP contribution in [0.25, 0.3) is 0 Å². The number of aliphatic hydroxyl groups is 1. The first-order valence-electron chi connectivity index (χ1n) is 6.84. The highest BCUT2D eigenvalue weighted by atomic mass is 32.1. The Kier molecular flexibility index (Phi) is 5.60. The average molecular weight is 292 g/mol. The summed E-state index contributed by atoms with van der Waals surface area (Å²) in [4.78, 5) is 15.1. The second-order valence-electron chi connectivity index (χ2n) is 5.10. The second-order valence-corrected chi connectivity index (χ2v) is 6.02. The maximum atomic E-state index is 12.2. The van der Waals surface area contributed by atoms with Crippen molar-refractivity contribution >= 4 is 17.2 Å². The number of amides is 1. The summed E-state index contributed by atoms with van der Waals surface area (Å²) in [6, 6.07) is 1.82. The lowest BCUT2D eigenvalue weighted by Gasteiger charge is -2.29. The predicted octanol–water partition coefficient (Wildman–Crippen LogP) is 1.16. The fraction of sp³-hybridized carbons (Fsp3) is 0.533. The molecule has 0 saturated carbocycles. The highest BCUT2D eigenvalue weighted by Crippen LogP contribution is 2.17. The fourth-order valence-electron chi connectivity index (χ4n) is 2.48. The van der Waals surface area contributed by atoms with Gasteiger partial charge in [-0.3, -0.25) is 4.79 Å². The lowest BCUT2D eigenvalue weighted by molar-refractivity contribution is 0.0940. The highest BCUT2D eigenvalue weighted by Gasteiger charge is 2.19. The minimum atomic E-state index is -0.189. The number of aliphatic hydroxyl groups excluding tert-OH is 1. The zero-order valence-electron chi connectivity index (χ0n) is 11.7. The summed E-state index contributed by atoms with van der Waals surface area (Å²) in [5, 5.41) is 13.6. The van der Waals surface area contributed by atoms with E-state index in [9.17, 15) is 4.79 Å². The molecule has 0 bridgehead atoms. The maximum absolute atomic E-state index is 12.2. The number of nitrogens with zero attached hydrogens (tertiary/aromatic N) is 1. The van der Waals surface area contributed by atoms with Crippen molar-refractivity contribution in [2.45, 2.75) is 12.8 Å². The smallest absolute Gasteiger partial charge is 0.262 e. The molecule has 5 heteroatoms. The lowest BCUT2D eigenvalue weighted by atomic mass is 9.98. The largest absolute Gasteiger partial charge is 0.384 e. The number of rotatable bonds is 3. The zero-order valence-corrected chi connectivity index (χ0v) is 12.5. The zero-order chi connectivity index (χ0) is 14.4. The van der Waals surface area contributed by atoms with Gasteiger partial charge in [-0.25, -0.2) is 0 Å². The van der Waals surface area contributed by atoms with Gasteiger partial charge in [-0.05, 0) is 43.8 Å². The molecule has 1 atom stereocenters. The minimum absolute atomic E-state index is 0.0598. The van der Waals surface area contributed by atoms with E-state index in [1.165, 1.54) is 24.2 Å². The predicted molar refractivity (Wildman–Crippen MR) is 80.8 cm³/mol. The molecule has 1 aromatic heterocycles. The molecule has 1 fully saturated rings. The molecule has 1 aliphatic heterocycles. The molecule has 1 amide bonds. The Balaban J connectivity index is 1.90. The van der Waals surface area contributed by atoms with Gasteiger partial charge in [0.2, 0.25) is 0 Å². The Labute approximate surface area is 123 Å². The van der Waals surface area contributed by atoms with Gasteiger partial charge in [0, 0.05) is 18.7 Å². The molecule has 1 saturated heterocycles. The molecule has 2 N–H and O–H groups in total. The monoisotopic (exact) mass is 292 g/mol. The Hall–Kier alpha value is -1.35. The van der Waals surface area contributed by atoms with Crippen molar-refractivity contribution in [3.8, 4) is 11.8 Å². The lowest BCUT2D eigenvalue weighted by Crippen LogP contribution is -2.39. The molecule has 0 spiro atoms. The number of hydrogen-bond donors (Lipinski definition) is 2. The van der Waals surface area contributed by atoms with Gasteiger partial charge in [0.25, 0.3) is 5.91 Å². The summed E-state index contributed by atoms with van der Waals surface area (Å²) in [6.45, 7) is 2.72. The molecule has 0 radical (unpaired) electrons. The average Bonchev–Trinajstić information content (AvgIpc) is 2.91. The van der Waals surface area contributed by atoms with Crippen molar-refractivity contribution in [2.75, 3.05) is 33.3 Å². The Morgan fingerprint density at radius 2 is 2.50 bits per heavy atom. The molecule has 4 nitrogen and oxygen atoms in total. The number of likely N-dealkylation sites (tertiary alicyclic amines) is 1. The summed E-state index contributed by atoms with van der Waals surface area (Å²) in [5.41, 5.74) is 0.697. The van der Waals surface area contributed by atoms with E-state index in [4.69, 9.17) is 5.11 Å². The summed E-state index contributed by atoms with van der Waals surface area (Å²) in [6.07, 6.45) is 2.37. The van der Waals surface area contributed by atoms with Gasteiger partial charge in [-0.15, -0.1) is 11.3 Å². The SMILES string of the molecule is CN1CCCC(CNC(=O)c2sccc2C#CCO)C1. The molecule has 108 valence electrons. The third kappa shape index (κ3) is 4.07. The number of carbonyl (C=O) groups is 1. The molecule has 1 aromatic rings. The van der Waals surface area contributed by atoms with E-state index in [0.717, 1.165) is 13.1 Å². The number of piperidine rings is 1. The van der Waals surface area contributed by atoms with Crippen molar-refractivity contribution in [3.63, 3.8) is 0 Å². The van der Waals surface area contributed by atoms with E-state index in [-0.39, 0.29) is 12.5 Å². The van der Waals surface area contributed by atoms with E-state index in [1.54, 1.807) is 0 Å². The van der Waals surface area contributed by atoms with Crippen LogP contribution in [0.4, 0.5) is 0 Å². The van der Waals surface area contributed by atoms with Gasteiger partial charge in [0.1, 0.15) is 11.5 Å². The van der Waals surface area contributed by atoms with Crippen LogP contribution in [0.15, 0.2) is 11.4 Å². The van der Waals surface area contributed by atoms with Gasteiger partial charge in [-0.2, -0.15) is 0 Å². The Bertz CT molecular complexity index is 515. The van der Waals surface area contributed by atoms with Gasteiger partial charge >= 0.3 is 0 Å². The first-order valence-corrected chi connectivity index (χ1v) is 7.72. The topological polar surface area (TPSA) is 52.6 Å². The van der Waals surface area contributed by atoms with Crippen molar-refractivity contribution in [3.05, 3.63) is 21.9 Å². The number of carbonyl (C=O) groups excluding carboxylic acids is 1. The molecule has 2 rings (SSSR count). The standard InChI is InChI=1S/C15H20N2O2S/c1-17-7-2-4-12(11-17)10-16-15(19)14-13(5-3-8-18)6-9-20-14/h6,9,12,18H,2,4,7-8,10-11H2,1H3,(H,16,19). The molecule has 20 heavy (non-hydrogen) atoms. The van der Waals surface area contributed by atoms with Crippen LogP contribution in [0.2, 0.25) is 0 Å². The number of thiophene rings is 1. The van der Waals surface area contributed by atoms with E-state index >= 15 is 0 Å². The van der Waals surface area contributed by atoms with E-state index in [0.29, 0.717) is 22.9 Å². The molecular formula is C15H20N2O2S. The molecular weight excluding hydrogens is 272 g/mol. The maximum Gasteiger partial charge on any atom is 0.262 e. The molecule has 1 unspecified atom stereocenters. The van der Waals surface area contributed by atoms with Crippen LogP contribution in [0.3, 0.4) is 0 Å². The quantitative estimate of drug-likeness (QED) is 0.822. The van der Waals surface area contributed by atoms with Crippen molar-refractivity contribution in [1.82, 2.24) is 10.2 Å². The van der Waals surface area contributed by atoms with Gasteiger partial charge in [-0.1, -0.05) is 11.8 Å². The Morgan fingerprint density at radius 3 is 3.25 bits per heavy atom. The van der Waals surface area contributed by atoms with Crippen LogP contribution in [0, 0.1) is 17.8 Å². The normalized spacial score (nSPS) is 19.2. The van der Waals surface area contributed by atoms with Gasteiger partial charge < -0.3 is 15.3 Å². The van der Waals surface area contributed by atoms with Gasteiger partial charge in [0.05, 0.1) is 0 Å². The van der Waals surface area contributed by atoms with Crippen LogP contribution >= 0.6 is 11.3 Å². The fourth-order valence-corrected chi connectivity index (χ4v) is 3.24. The molecule has 0 aliphatic carbocycles. The molecule has 0 aromatic carbocycles. The van der Waals surface area contributed by atoms with E-state index in [2.05, 4.69) is 29.1 Å². The summed E-state index contributed by atoms with van der Waals surface area (Å²) >= 11 is 1.39. The number of nitrogens with one attached hydrogen (secondary N) is 1. The first kappa shape index (κ1) is 15.0. The molecule has 1 aliphatic rings. The second kappa shape index (κ2) is 7.44. The third-order valence-corrected chi connectivity index (χ3v) is 4.36. The Morgan fingerprint density at radius 1 is 1.65 bits per heavy atom. The third-order valence-electron chi connectivity index (χ3n) is 3.45. The number of hydrogen-bond acceptors (Lipinski definition) is 4. The van der Waals surface area contributed by atoms with Crippen LogP contribution in [0.5, 0.6) is 0 Å². The van der Waals surface area contributed by atoms with Crippen molar-refractivity contribution in [2.24, 2.45) is 5.92 Å². The summed E-state index contributed by atoms with van der Waals surface area (Å²) in [5.74, 6) is 5.87. The minimum Gasteiger partial charge on any atom is -0.384 e. The van der Waals surface area contributed by atoms with Crippen LogP contribution in [-0.4, -0.2) is 49.2 Å². The van der Waals surface area contributed by atoms with Crippen LogP contribution < -0.4 is 5.32 Å². The highest BCUT2D eigenvalue weighted by molar-refractivity contribution is 7.12. The summed E-state index contributed by atoms with van der Waals surface area (Å²) < 4.78 is 0. The van der Waals surface area contributed by atoms with E-state index in [1.807, 2.05) is 11.4 Å². The summed E-state index contributed by atoms with van der Waals surface area (Å²) in [7, 11) is 2.12. The van der Waals surface area contributed by atoms with Gasteiger partial charge in [0.15, 0.2) is 0 Å². The van der Waals surface area contributed by atoms with Crippen molar-refractivity contribution in [1.29, 1.82) is 0 Å². The van der Waals surface area contributed by atoms with E-state index < -0.39 is 0 Å². The molecule has 2 heterocycles. The van der Waals surface area contributed by atoms with Crippen LogP contribution in [0.1, 0.15) is 28.1 Å².